The minimum atomic E-state index is 0.992. The van der Waals surface area contributed by atoms with Gasteiger partial charge < -0.3 is 5.32 Å². The van der Waals surface area contributed by atoms with Crippen LogP contribution in [-0.4, -0.2) is 13.6 Å². The molecule has 0 aromatic rings. The first kappa shape index (κ1) is 13.7. The van der Waals surface area contributed by atoms with E-state index >= 15 is 0 Å². The molecule has 70 valence electrons. The minimum Gasteiger partial charge on any atom is -0.319 e. The minimum absolute atomic E-state index is 0.992. The fourth-order valence-electron chi connectivity index (χ4n) is 0.674. The molecule has 0 aliphatic carbocycles. The van der Waals surface area contributed by atoms with E-state index in [0.29, 0.717) is 0 Å². The lowest BCUT2D eigenvalue weighted by Crippen LogP contribution is -2.07. The Morgan fingerprint density at radius 1 is 1.33 bits per heavy atom. The summed E-state index contributed by atoms with van der Waals surface area (Å²) in [6.45, 7) is 12.3. The van der Waals surface area contributed by atoms with Crippen molar-refractivity contribution in [2.24, 2.45) is 0 Å². The lowest BCUT2D eigenvalue weighted by molar-refractivity contribution is 0.794. The van der Waals surface area contributed by atoms with Crippen LogP contribution in [0.25, 0.3) is 0 Å². The molecule has 0 aromatic heterocycles. The van der Waals surface area contributed by atoms with Crippen molar-refractivity contribution in [3.8, 4) is 0 Å². The standard InChI is InChI=1S/C9H15N.C2H6/c1-4-6-9(5-2)7-8-10-3;1-2/h4-6,10H,1-2,7-8H2,3H3;1-2H3/b9-6+;. The fourth-order valence-corrected chi connectivity index (χ4v) is 0.674. The third-order valence-electron chi connectivity index (χ3n) is 1.26. The van der Waals surface area contributed by atoms with Crippen LogP contribution in [0, 0.1) is 0 Å². The van der Waals surface area contributed by atoms with Gasteiger partial charge in [0.15, 0.2) is 0 Å². The molecule has 1 nitrogen and oxygen atoms in total. The summed E-state index contributed by atoms with van der Waals surface area (Å²) < 4.78 is 0. The maximum absolute atomic E-state index is 3.69. The van der Waals surface area contributed by atoms with Crippen LogP contribution in [0.3, 0.4) is 0 Å². The molecule has 0 spiro atoms. The highest BCUT2D eigenvalue weighted by molar-refractivity contribution is 5.20. The van der Waals surface area contributed by atoms with Crippen molar-refractivity contribution >= 4 is 0 Å². The molecule has 0 aliphatic heterocycles. The summed E-state index contributed by atoms with van der Waals surface area (Å²) in [6, 6.07) is 0. The van der Waals surface area contributed by atoms with Crippen molar-refractivity contribution in [1.29, 1.82) is 0 Å². The summed E-state index contributed by atoms with van der Waals surface area (Å²) in [5.74, 6) is 0. The van der Waals surface area contributed by atoms with Crippen LogP contribution in [0.15, 0.2) is 37.0 Å². The van der Waals surface area contributed by atoms with E-state index in [2.05, 4.69) is 18.5 Å². The van der Waals surface area contributed by atoms with Crippen LogP contribution in [-0.2, 0) is 0 Å². The fraction of sp³-hybridized carbons (Fsp3) is 0.455. The van der Waals surface area contributed by atoms with Gasteiger partial charge in [0.05, 0.1) is 0 Å². The second-order valence-electron chi connectivity index (χ2n) is 2.03. The van der Waals surface area contributed by atoms with Crippen LogP contribution < -0.4 is 5.32 Å². The molecule has 0 saturated carbocycles. The van der Waals surface area contributed by atoms with Crippen molar-refractivity contribution in [3.63, 3.8) is 0 Å². The van der Waals surface area contributed by atoms with Crippen molar-refractivity contribution in [3.05, 3.63) is 37.0 Å². The van der Waals surface area contributed by atoms with Gasteiger partial charge in [0.2, 0.25) is 0 Å². The summed E-state index contributed by atoms with van der Waals surface area (Å²) in [6.07, 6.45) is 6.64. The average molecular weight is 167 g/mol. The molecule has 0 unspecified atom stereocenters. The van der Waals surface area contributed by atoms with E-state index in [4.69, 9.17) is 0 Å². The van der Waals surface area contributed by atoms with Gasteiger partial charge in [-0.05, 0) is 25.6 Å². The van der Waals surface area contributed by atoms with Gasteiger partial charge in [-0.1, -0.05) is 45.2 Å². The summed E-state index contributed by atoms with van der Waals surface area (Å²) >= 11 is 0. The van der Waals surface area contributed by atoms with E-state index in [1.165, 1.54) is 5.57 Å². The highest BCUT2D eigenvalue weighted by Crippen LogP contribution is 2.00. The van der Waals surface area contributed by atoms with Gasteiger partial charge in [0, 0.05) is 0 Å². The third kappa shape index (κ3) is 9.18. The smallest absolute Gasteiger partial charge is 0.00114 e. The molecule has 0 amide bonds. The zero-order valence-electron chi connectivity index (χ0n) is 8.56. The molecule has 0 rings (SSSR count). The van der Waals surface area contributed by atoms with Crippen molar-refractivity contribution in [1.82, 2.24) is 5.32 Å². The Kier molecular flexibility index (Phi) is 14.7. The van der Waals surface area contributed by atoms with Gasteiger partial charge in [-0.2, -0.15) is 0 Å². The quantitative estimate of drug-likeness (QED) is 0.621. The average Bonchev–Trinajstić information content (AvgIpc) is 2.15. The number of rotatable bonds is 5. The van der Waals surface area contributed by atoms with Gasteiger partial charge in [0.25, 0.3) is 0 Å². The first-order valence-electron chi connectivity index (χ1n) is 4.43. The van der Waals surface area contributed by atoms with E-state index in [-0.39, 0.29) is 0 Å². The van der Waals surface area contributed by atoms with Crippen molar-refractivity contribution < 1.29 is 0 Å². The Labute approximate surface area is 76.9 Å². The van der Waals surface area contributed by atoms with E-state index in [9.17, 15) is 0 Å². The van der Waals surface area contributed by atoms with E-state index in [1.54, 1.807) is 6.08 Å². The van der Waals surface area contributed by atoms with Gasteiger partial charge in [-0.15, -0.1) is 0 Å². The molecule has 12 heavy (non-hydrogen) atoms. The number of hydrogen-bond donors (Lipinski definition) is 1. The zero-order valence-corrected chi connectivity index (χ0v) is 8.56. The molecule has 0 atom stereocenters. The van der Waals surface area contributed by atoms with Crippen LogP contribution in [0.2, 0.25) is 0 Å². The Hall–Kier alpha value is -0.820. The van der Waals surface area contributed by atoms with Gasteiger partial charge >= 0.3 is 0 Å². The zero-order chi connectivity index (χ0) is 9.82. The normalized spacial score (nSPS) is 9.75. The van der Waals surface area contributed by atoms with E-state index in [0.717, 1.165) is 13.0 Å². The molecule has 0 fully saturated rings. The summed E-state index contributed by atoms with van der Waals surface area (Å²) in [7, 11) is 1.94. The Morgan fingerprint density at radius 3 is 2.25 bits per heavy atom. The number of allylic oxidation sites excluding steroid dienone is 3. The first-order valence-corrected chi connectivity index (χ1v) is 4.43. The summed E-state index contributed by atoms with van der Waals surface area (Å²) in [5, 5.41) is 3.07. The Morgan fingerprint density at radius 2 is 1.92 bits per heavy atom. The molecular formula is C11H21N. The van der Waals surface area contributed by atoms with Crippen molar-refractivity contribution in [2.75, 3.05) is 13.6 Å². The highest BCUT2D eigenvalue weighted by Gasteiger charge is 1.86. The van der Waals surface area contributed by atoms with Gasteiger partial charge in [-0.3, -0.25) is 0 Å². The molecule has 0 aliphatic rings. The summed E-state index contributed by atoms with van der Waals surface area (Å²) in [5.41, 5.74) is 1.23. The molecule has 0 radical (unpaired) electrons. The molecule has 1 N–H and O–H groups in total. The van der Waals surface area contributed by atoms with Crippen LogP contribution >= 0.6 is 0 Å². The number of hydrogen-bond acceptors (Lipinski definition) is 1. The molecule has 0 saturated heterocycles. The van der Waals surface area contributed by atoms with Crippen LogP contribution in [0.1, 0.15) is 20.3 Å². The third-order valence-corrected chi connectivity index (χ3v) is 1.26. The highest BCUT2D eigenvalue weighted by atomic mass is 14.8. The van der Waals surface area contributed by atoms with Crippen molar-refractivity contribution in [2.45, 2.75) is 20.3 Å². The Balaban J connectivity index is 0. The number of nitrogens with one attached hydrogen (secondary N) is 1. The van der Waals surface area contributed by atoms with E-state index < -0.39 is 0 Å². The second kappa shape index (κ2) is 12.8. The lowest BCUT2D eigenvalue weighted by atomic mass is 10.2. The second-order valence-corrected chi connectivity index (χ2v) is 2.03. The topological polar surface area (TPSA) is 12.0 Å². The largest absolute Gasteiger partial charge is 0.319 e. The molecular weight excluding hydrogens is 146 g/mol. The molecule has 0 heterocycles. The van der Waals surface area contributed by atoms with E-state index in [1.807, 2.05) is 33.0 Å². The lowest BCUT2D eigenvalue weighted by Gasteiger charge is -1.98. The molecule has 0 aromatic carbocycles. The summed E-state index contributed by atoms with van der Waals surface area (Å²) in [4.78, 5) is 0. The molecule has 0 bridgehead atoms. The predicted octanol–water partition coefficient (Wildman–Crippen LogP) is 2.92. The maximum atomic E-state index is 3.69. The predicted molar refractivity (Wildman–Crippen MR) is 58.4 cm³/mol. The van der Waals surface area contributed by atoms with Crippen LogP contribution in [0.4, 0.5) is 0 Å². The first-order chi connectivity index (χ1) is 5.85. The SMILES string of the molecule is C=C/C=C(\C=C)CCNC.CC. The van der Waals surface area contributed by atoms with Gasteiger partial charge in [0.1, 0.15) is 0 Å². The maximum Gasteiger partial charge on any atom is -0.00114 e. The molecule has 1 heteroatoms. The van der Waals surface area contributed by atoms with Crippen LogP contribution in [0.5, 0.6) is 0 Å². The monoisotopic (exact) mass is 167 g/mol. The van der Waals surface area contributed by atoms with Gasteiger partial charge in [-0.25, -0.2) is 0 Å². The Bertz CT molecular complexity index is 134.